The van der Waals surface area contributed by atoms with Crippen molar-refractivity contribution in [3.63, 3.8) is 0 Å². The molecule has 0 fully saturated rings. The molecule has 0 bridgehead atoms. The molecule has 0 aliphatic carbocycles. The fourth-order valence-corrected chi connectivity index (χ4v) is 3.04. The van der Waals surface area contributed by atoms with Crippen molar-refractivity contribution in [1.29, 1.82) is 0 Å². The minimum atomic E-state index is -0.748. The van der Waals surface area contributed by atoms with Crippen molar-refractivity contribution in [3.05, 3.63) is 71.4 Å². The lowest BCUT2D eigenvalue weighted by molar-refractivity contribution is 0.590. The molecule has 0 spiro atoms. The maximum atomic E-state index is 14.1. The molecule has 0 N–H and O–H groups in total. The number of hydrogen-bond acceptors (Lipinski definition) is 3. The quantitative estimate of drug-likeness (QED) is 0.645. The Morgan fingerprint density at radius 2 is 1.73 bits per heavy atom. The molecule has 2 heterocycles. The van der Waals surface area contributed by atoms with E-state index in [1.165, 1.54) is 10.6 Å². The lowest BCUT2D eigenvalue weighted by Crippen LogP contribution is -2.39. The van der Waals surface area contributed by atoms with Crippen molar-refractivity contribution in [2.75, 3.05) is 11.4 Å². The number of aryl methyl sites for hydroxylation is 2. The van der Waals surface area contributed by atoms with Gasteiger partial charge < -0.3 is 4.90 Å². The standard InChI is InChI=1S/C19H15F3N4/c1-11-3-5-15(6-4-11)25-10-14(21)9-23-19(25)26-12(2)24-18-16(22)7-13(20)8-17(18)26/h3-9H,10H2,1-2H3. The van der Waals surface area contributed by atoms with E-state index in [1.54, 1.807) is 11.8 Å². The van der Waals surface area contributed by atoms with E-state index in [2.05, 4.69) is 9.98 Å². The predicted molar refractivity (Wildman–Crippen MR) is 94.9 cm³/mol. The van der Waals surface area contributed by atoms with Gasteiger partial charge in [0.05, 0.1) is 18.3 Å². The highest BCUT2D eigenvalue weighted by atomic mass is 19.1. The molecule has 132 valence electrons. The summed E-state index contributed by atoms with van der Waals surface area (Å²) >= 11 is 0. The van der Waals surface area contributed by atoms with Crippen LogP contribution in [0.1, 0.15) is 11.4 Å². The zero-order valence-corrected chi connectivity index (χ0v) is 14.2. The van der Waals surface area contributed by atoms with E-state index in [1.807, 2.05) is 31.2 Å². The molecule has 3 aromatic rings. The number of aliphatic imine (C=N–C) groups is 1. The highest BCUT2D eigenvalue weighted by Gasteiger charge is 2.25. The Morgan fingerprint density at radius 1 is 1.00 bits per heavy atom. The van der Waals surface area contributed by atoms with Crippen LogP contribution >= 0.6 is 0 Å². The topological polar surface area (TPSA) is 33.4 Å². The van der Waals surface area contributed by atoms with Gasteiger partial charge in [0.25, 0.3) is 0 Å². The summed E-state index contributed by atoms with van der Waals surface area (Å²) in [6.07, 6.45) is 1.11. The van der Waals surface area contributed by atoms with Crippen LogP contribution in [0.4, 0.5) is 18.9 Å². The van der Waals surface area contributed by atoms with Gasteiger partial charge in [-0.25, -0.2) is 23.1 Å². The van der Waals surface area contributed by atoms with Gasteiger partial charge in [-0.15, -0.1) is 0 Å². The van der Waals surface area contributed by atoms with Crippen molar-refractivity contribution in [2.45, 2.75) is 13.8 Å². The van der Waals surface area contributed by atoms with E-state index in [4.69, 9.17) is 0 Å². The summed E-state index contributed by atoms with van der Waals surface area (Å²) in [6, 6.07) is 9.49. The first-order valence-corrected chi connectivity index (χ1v) is 8.05. The van der Waals surface area contributed by atoms with Crippen LogP contribution in [0.25, 0.3) is 11.0 Å². The van der Waals surface area contributed by atoms with E-state index < -0.39 is 17.5 Å². The molecular weight excluding hydrogens is 341 g/mol. The average molecular weight is 356 g/mol. The van der Waals surface area contributed by atoms with Crippen molar-refractivity contribution in [1.82, 2.24) is 9.55 Å². The summed E-state index contributed by atoms with van der Waals surface area (Å²) in [6.45, 7) is 3.59. The van der Waals surface area contributed by atoms with Crippen LogP contribution in [0.15, 0.2) is 53.4 Å². The van der Waals surface area contributed by atoms with Gasteiger partial charge in [0.2, 0.25) is 5.96 Å². The molecule has 4 rings (SSSR count). The van der Waals surface area contributed by atoms with E-state index in [0.717, 1.165) is 23.5 Å². The number of aromatic nitrogens is 2. The SMILES string of the molecule is Cc1ccc(N2CC(F)=CN=C2n2c(C)nc3c(F)cc(F)cc32)cc1. The van der Waals surface area contributed by atoms with Crippen LogP contribution in [-0.2, 0) is 0 Å². The minimum absolute atomic E-state index is 0.0290. The molecule has 7 heteroatoms. The number of hydrogen-bond donors (Lipinski definition) is 0. The first kappa shape index (κ1) is 16.4. The van der Waals surface area contributed by atoms with Gasteiger partial charge in [-0.1, -0.05) is 17.7 Å². The minimum Gasteiger partial charge on any atom is -0.305 e. The highest BCUT2D eigenvalue weighted by Crippen LogP contribution is 2.26. The molecule has 0 atom stereocenters. The Hall–Kier alpha value is -3.09. The Bertz CT molecular complexity index is 1060. The third kappa shape index (κ3) is 2.65. The normalized spacial score (nSPS) is 14.6. The number of rotatable bonds is 1. The van der Waals surface area contributed by atoms with Crippen LogP contribution in [0, 0.1) is 25.5 Å². The fourth-order valence-electron chi connectivity index (χ4n) is 3.04. The van der Waals surface area contributed by atoms with E-state index in [9.17, 15) is 13.2 Å². The van der Waals surface area contributed by atoms with Gasteiger partial charge in [-0.3, -0.25) is 4.57 Å². The summed E-state index contributed by atoms with van der Waals surface area (Å²) in [4.78, 5) is 10.0. The van der Waals surface area contributed by atoms with Crippen molar-refractivity contribution in [3.8, 4) is 0 Å². The molecule has 1 aliphatic heterocycles. The summed E-state index contributed by atoms with van der Waals surface area (Å²) in [5, 5.41) is 0. The monoisotopic (exact) mass is 356 g/mol. The number of halogens is 3. The first-order chi connectivity index (χ1) is 12.4. The zero-order chi connectivity index (χ0) is 18.4. The molecule has 26 heavy (non-hydrogen) atoms. The smallest absolute Gasteiger partial charge is 0.216 e. The molecule has 2 aromatic carbocycles. The number of fused-ring (bicyclic) bond motifs is 1. The lowest BCUT2D eigenvalue weighted by Gasteiger charge is -2.28. The predicted octanol–water partition coefficient (Wildman–Crippen LogP) is 4.47. The van der Waals surface area contributed by atoms with Crippen LogP contribution in [0.3, 0.4) is 0 Å². The van der Waals surface area contributed by atoms with Crippen molar-refractivity contribution >= 4 is 22.7 Å². The van der Waals surface area contributed by atoms with Crippen LogP contribution in [0.2, 0.25) is 0 Å². The van der Waals surface area contributed by atoms with Crippen molar-refractivity contribution < 1.29 is 13.2 Å². The average Bonchev–Trinajstić information content (AvgIpc) is 2.92. The summed E-state index contributed by atoms with van der Waals surface area (Å²) in [5.74, 6) is -1.11. The molecule has 0 saturated carbocycles. The summed E-state index contributed by atoms with van der Waals surface area (Å²) in [5.41, 5.74) is 2.07. The molecule has 1 aliphatic rings. The number of benzene rings is 2. The molecule has 0 saturated heterocycles. The van der Waals surface area contributed by atoms with Gasteiger partial charge in [-0.05, 0) is 26.0 Å². The molecule has 1 aromatic heterocycles. The number of nitrogens with zero attached hydrogens (tertiary/aromatic N) is 4. The molecular formula is C19H15F3N4. The maximum Gasteiger partial charge on any atom is 0.216 e. The second kappa shape index (κ2) is 6.01. The third-order valence-corrected chi connectivity index (χ3v) is 4.26. The number of imidazole rings is 1. The first-order valence-electron chi connectivity index (χ1n) is 8.05. The Morgan fingerprint density at radius 3 is 2.46 bits per heavy atom. The Balaban J connectivity index is 1.93. The van der Waals surface area contributed by atoms with Gasteiger partial charge in [-0.2, -0.15) is 0 Å². The Kier molecular flexibility index (Phi) is 3.79. The second-order valence-electron chi connectivity index (χ2n) is 6.18. The highest BCUT2D eigenvalue weighted by molar-refractivity contribution is 6.04. The largest absolute Gasteiger partial charge is 0.305 e. The summed E-state index contributed by atoms with van der Waals surface area (Å²) < 4.78 is 43.3. The summed E-state index contributed by atoms with van der Waals surface area (Å²) in [7, 11) is 0. The van der Waals surface area contributed by atoms with Crippen LogP contribution < -0.4 is 4.90 Å². The number of anilines is 1. The molecule has 0 amide bonds. The molecule has 0 unspecified atom stereocenters. The van der Waals surface area contributed by atoms with E-state index >= 15 is 0 Å². The molecule has 0 radical (unpaired) electrons. The molecule has 4 nitrogen and oxygen atoms in total. The Labute approximate surface area is 147 Å². The fraction of sp³-hybridized carbons (Fsp3) is 0.158. The third-order valence-electron chi connectivity index (χ3n) is 4.26. The lowest BCUT2D eigenvalue weighted by atomic mass is 10.2. The van der Waals surface area contributed by atoms with Crippen LogP contribution in [0.5, 0.6) is 0 Å². The van der Waals surface area contributed by atoms with Gasteiger partial charge in [0.1, 0.15) is 23.0 Å². The maximum absolute atomic E-state index is 14.1. The second-order valence-corrected chi connectivity index (χ2v) is 6.18. The van der Waals surface area contributed by atoms with Gasteiger partial charge >= 0.3 is 0 Å². The van der Waals surface area contributed by atoms with E-state index in [0.29, 0.717) is 11.8 Å². The zero-order valence-electron chi connectivity index (χ0n) is 14.2. The van der Waals surface area contributed by atoms with E-state index in [-0.39, 0.29) is 17.6 Å². The van der Waals surface area contributed by atoms with Gasteiger partial charge in [0.15, 0.2) is 5.82 Å². The van der Waals surface area contributed by atoms with Crippen LogP contribution in [-0.4, -0.2) is 22.1 Å². The van der Waals surface area contributed by atoms with Gasteiger partial charge in [0, 0.05) is 17.8 Å². The van der Waals surface area contributed by atoms with Crippen molar-refractivity contribution in [2.24, 2.45) is 4.99 Å².